The van der Waals surface area contributed by atoms with E-state index >= 15 is 0 Å². The van der Waals surface area contributed by atoms with Crippen molar-refractivity contribution >= 4 is 34.6 Å². The number of carbonyl (C=O) groups excluding carboxylic acids is 1. The molecule has 2 heterocycles. The number of fused-ring (bicyclic) bond motifs is 1. The van der Waals surface area contributed by atoms with Crippen LogP contribution in [0.1, 0.15) is 11.1 Å². The van der Waals surface area contributed by atoms with Gasteiger partial charge in [-0.2, -0.15) is 10.2 Å². The second kappa shape index (κ2) is 10.8. The fourth-order valence-corrected chi connectivity index (χ4v) is 4.38. The second-order valence-electron chi connectivity index (χ2n) is 7.36. The van der Waals surface area contributed by atoms with Crippen LogP contribution >= 0.6 is 11.9 Å². The number of rotatable bonds is 10. The number of carbonyl (C=O) groups is 1. The van der Waals surface area contributed by atoms with E-state index in [1.165, 1.54) is 11.9 Å². The molecular weight excluding hydrogens is 468 g/mol. The first-order valence-corrected chi connectivity index (χ1v) is 11.3. The molecule has 1 amide bonds. The first-order valence-electron chi connectivity index (χ1n) is 10.5. The summed E-state index contributed by atoms with van der Waals surface area (Å²) in [6.07, 6.45) is 8.61. The molecule has 10 nitrogen and oxygen atoms in total. The Labute approximate surface area is 206 Å². The Bertz CT molecular complexity index is 1370. The first-order chi connectivity index (χ1) is 17.1. The number of aromatic nitrogens is 4. The van der Waals surface area contributed by atoms with Crippen molar-refractivity contribution in [2.45, 2.75) is 18.0 Å². The van der Waals surface area contributed by atoms with Crippen LogP contribution in [-0.4, -0.2) is 47.2 Å². The number of methoxy groups -OCH3 is 3. The third-order valence-corrected chi connectivity index (χ3v) is 6.06. The van der Waals surface area contributed by atoms with Gasteiger partial charge in [-0.3, -0.25) is 14.6 Å². The Morgan fingerprint density at radius 3 is 2.57 bits per heavy atom. The van der Waals surface area contributed by atoms with Gasteiger partial charge in [0, 0.05) is 18.3 Å². The van der Waals surface area contributed by atoms with Gasteiger partial charge in [-0.1, -0.05) is 6.07 Å². The molecule has 35 heavy (non-hydrogen) atoms. The zero-order valence-electron chi connectivity index (χ0n) is 19.4. The molecule has 0 atom stereocenters. The number of amides is 1. The number of H-pyrrole nitrogens is 1. The topological polar surface area (TPSA) is 115 Å². The highest BCUT2D eigenvalue weighted by Crippen LogP contribution is 2.40. The van der Waals surface area contributed by atoms with Gasteiger partial charge in [-0.15, -0.1) is 6.42 Å². The van der Waals surface area contributed by atoms with Crippen LogP contribution in [0.25, 0.3) is 10.9 Å². The van der Waals surface area contributed by atoms with E-state index in [1.807, 2.05) is 42.4 Å². The zero-order valence-corrected chi connectivity index (χ0v) is 20.2. The van der Waals surface area contributed by atoms with Crippen LogP contribution in [0.3, 0.4) is 0 Å². The minimum absolute atomic E-state index is 0.315. The molecule has 2 aromatic carbocycles. The highest BCUT2D eigenvalue weighted by molar-refractivity contribution is 8.00. The van der Waals surface area contributed by atoms with E-state index in [0.717, 1.165) is 26.9 Å². The molecule has 0 aliphatic rings. The summed E-state index contributed by atoms with van der Waals surface area (Å²) in [5, 5.41) is 15.3. The molecule has 4 rings (SSSR count). The maximum Gasteiger partial charge on any atom is 0.295 e. The Morgan fingerprint density at radius 2 is 1.89 bits per heavy atom. The molecule has 0 saturated carbocycles. The lowest BCUT2D eigenvalue weighted by Crippen LogP contribution is -2.20. The molecule has 0 bridgehead atoms. The lowest BCUT2D eigenvalue weighted by Gasteiger charge is -2.13. The SMILES string of the molecule is C#CC(=O)NCc1cnn(Cc2cc(OC)c3c(NSc4c(OC)cccc4OC)n[nH]c3c2)c1. The average Bonchev–Trinajstić information content (AvgIpc) is 3.51. The number of benzene rings is 2. The van der Waals surface area contributed by atoms with Crippen molar-refractivity contribution in [2.24, 2.45) is 0 Å². The van der Waals surface area contributed by atoms with E-state index in [4.69, 9.17) is 20.6 Å². The van der Waals surface area contributed by atoms with Gasteiger partial charge in [-0.25, -0.2) is 0 Å². The van der Waals surface area contributed by atoms with Crippen LogP contribution in [0.4, 0.5) is 5.82 Å². The molecule has 0 radical (unpaired) electrons. The molecule has 180 valence electrons. The maximum atomic E-state index is 11.3. The third-order valence-electron chi connectivity index (χ3n) is 5.15. The highest BCUT2D eigenvalue weighted by Gasteiger charge is 2.16. The summed E-state index contributed by atoms with van der Waals surface area (Å²) in [5.74, 6) is 4.22. The van der Waals surface area contributed by atoms with Gasteiger partial charge in [0.2, 0.25) is 0 Å². The van der Waals surface area contributed by atoms with Gasteiger partial charge in [-0.05, 0) is 47.7 Å². The Kier molecular flexibility index (Phi) is 7.32. The summed E-state index contributed by atoms with van der Waals surface area (Å²) in [4.78, 5) is 12.1. The van der Waals surface area contributed by atoms with Crippen LogP contribution in [-0.2, 0) is 17.9 Å². The molecular formula is C24H24N6O4S. The standard InChI is InChI=1S/C24H24N6O4S/c1-5-21(31)25-11-16-12-26-30(14-16)13-15-9-17-22(20(10-15)34-4)24(28-27-17)29-35-23-18(32-2)7-6-8-19(23)33-3/h1,6-10,12,14H,11,13H2,2-4H3,(H,25,31)(H2,27,28,29). The van der Waals surface area contributed by atoms with E-state index in [2.05, 4.69) is 25.3 Å². The molecule has 0 fully saturated rings. The predicted molar refractivity (Wildman–Crippen MR) is 134 cm³/mol. The molecule has 4 aromatic rings. The van der Waals surface area contributed by atoms with Crippen LogP contribution < -0.4 is 24.2 Å². The quantitative estimate of drug-likeness (QED) is 0.228. The zero-order chi connectivity index (χ0) is 24.8. The second-order valence-corrected chi connectivity index (χ2v) is 8.18. The minimum Gasteiger partial charge on any atom is -0.496 e. The Balaban J connectivity index is 1.54. The normalized spacial score (nSPS) is 10.6. The van der Waals surface area contributed by atoms with Crippen LogP contribution in [0.5, 0.6) is 17.2 Å². The van der Waals surface area contributed by atoms with Crippen molar-refractivity contribution in [1.82, 2.24) is 25.3 Å². The van der Waals surface area contributed by atoms with Gasteiger partial charge in [0.1, 0.15) is 22.1 Å². The molecule has 0 saturated heterocycles. The van der Waals surface area contributed by atoms with Crippen LogP contribution in [0, 0.1) is 12.3 Å². The maximum absolute atomic E-state index is 11.3. The number of hydrogen-bond acceptors (Lipinski definition) is 8. The fraction of sp³-hybridized carbons (Fsp3) is 0.208. The van der Waals surface area contributed by atoms with E-state index in [1.54, 1.807) is 32.2 Å². The molecule has 11 heteroatoms. The molecule has 0 aliphatic carbocycles. The van der Waals surface area contributed by atoms with Gasteiger partial charge < -0.3 is 24.2 Å². The molecule has 2 aromatic heterocycles. The third kappa shape index (κ3) is 5.28. The van der Waals surface area contributed by atoms with Crippen LogP contribution in [0.15, 0.2) is 47.6 Å². The lowest BCUT2D eigenvalue weighted by atomic mass is 10.1. The van der Waals surface area contributed by atoms with E-state index in [-0.39, 0.29) is 0 Å². The van der Waals surface area contributed by atoms with Gasteiger partial charge >= 0.3 is 0 Å². The first kappa shape index (κ1) is 23.8. The van der Waals surface area contributed by atoms with E-state index < -0.39 is 5.91 Å². The van der Waals surface area contributed by atoms with Crippen molar-refractivity contribution < 1.29 is 19.0 Å². The van der Waals surface area contributed by atoms with E-state index in [0.29, 0.717) is 36.2 Å². The summed E-state index contributed by atoms with van der Waals surface area (Å²) in [6, 6.07) is 9.54. The lowest BCUT2D eigenvalue weighted by molar-refractivity contribution is -0.115. The van der Waals surface area contributed by atoms with Crippen molar-refractivity contribution in [3.63, 3.8) is 0 Å². The average molecular weight is 493 g/mol. The number of aromatic amines is 1. The predicted octanol–water partition coefficient (Wildman–Crippen LogP) is 3.20. The Morgan fingerprint density at radius 1 is 1.14 bits per heavy atom. The number of ether oxygens (including phenoxy) is 3. The summed E-state index contributed by atoms with van der Waals surface area (Å²) >= 11 is 1.34. The number of nitrogens with zero attached hydrogens (tertiary/aromatic N) is 3. The molecule has 0 aliphatic heterocycles. The number of hydrogen-bond donors (Lipinski definition) is 3. The van der Waals surface area contributed by atoms with Crippen molar-refractivity contribution in [3.8, 4) is 29.6 Å². The fourth-order valence-electron chi connectivity index (χ4n) is 3.52. The summed E-state index contributed by atoms with van der Waals surface area (Å²) in [5.41, 5.74) is 2.62. The van der Waals surface area contributed by atoms with Crippen molar-refractivity contribution in [2.75, 3.05) is 26.1 Å². The van der Waals surface area contributed by atoms with Crippen LogP contribution in [0.2, 0.25) is 0 Å². The summed E-state index contributed by atoms with van der Waals surface area (Å²) < 4.78 is 21.7. The highest BCUT2D eigenvalue weighted by atomic mass is 32.2. The number of anilines is 1. The molecule has 0 spiro atoms. The van der Waals surface area contributed by atoms with Gasteiger partial charge in [0.15, 0.2) is 5.82 Å². The summed E-state index contributed by atoms with van der Waals surface area (Å²) in [7, 11) is 4.85. The van der Waals surface area contributed by atoms with Gasteiger partial charge in [0.25, 0.3) is 5.91 Å². The monoisotopic (exact) mass is 492 g/mol. The number of terminal acetylenes is 1. The van der Waals surface area contributed by atoms with Crippen molar-refractivity contribution in [1.29, 1.82) is 0 Å². The van der Waals surface area contributed by atoms with Gasteiger partial charge in [0.05, 0.1) is 45.0 Å². The Hall–Kier alpha value is -4.30. The smallest absolute Gasteiger partial charge is 0.295 e. The molecule has 0 unspecified atom stereocenters. The molecule has 3 N–H and O–H groups in total. The van der Waals surface area contributed by atoms with Crippen molar-refractivity contribution in [3.05, 3.63) is 53.9 Å². The number of nitrogens with one attached hydrogen (secondary N) is 3. The minimum atomic E-state index is -0.459. The van der Waals surface area contributed by atoms with E-state index in [9.17, 15) is 4.79 Å². The summed E-state index contributed by atoms with van der Waals surface area (Å²) in [6.45, 7) is 0.819. The largest absolute Gasteiger partial charge is 0.496 e.